The lowest BCUT2D eigenvalue weighted by atomic mass is 10.2. The first-order valence-electron chi connectivity index (χ1n) is 4.85. The number of rotatable bonds is 2. The van der Waals surface area contributed by atoms with Crippen molar-refractivity contribution in [2.45, 2.75) is 16.7 Å². The van der Waals surface area contributed by atoms with Crippen molar-refractivity contribution in [3.05, 3.63) is 56.6 Å². The van der Waals surface area contributed by atoms with Crippen LogP contribution in [0.3, 0.4) is 0 Å². The van der Waals surface area contributed by atoms with Gasteiger partial charge in [0.15, 0.2) is 0 Å². The molecule has 0 aliphatic rings. The monoisotopic (exact) mass is 360 g/mol. The van der Waals surface area contributed by atoms with Gasteiger partial charge in [0, 0.05) is 18.4 Å². The lowest BCUT2D eigenvalue weighted by Crippen LogP contribution is -1.81. The second-order valence-corrected chi connectivity index (χ2v) is 6.26. The molecule has 16 heavy (non-hydrogen) atoms. The van der Waals surface area contributed by atoms with Crippen LogP contribution >= 0.6 is 46.0 Å². The summed E-state index contributed by atoms with van der Waals surface area (Å²) < 4.78 is 1.27. The zero-order valence-corrected chi connectivity index (χ0v) is 12.4. The molecule has 3 heteroatoms. The molecule has 82 valence electrons. The van der Waals surface area contributed by atoms with Crippen molar-refractivity contribution in [1.29, 1.82) is 0 Å². The maximum absolute atomic E-state index is 5.86. The summed E-state index contributed by atoms with van der Waals surface area (Å²) in [5, 5.41) is 0.781. The molecule has 0 saturated heterocycles. The molecule has 0 atom stereocenters. The summed E-state index contributed by atoms with van der Waals surface area (Å²) in [6, 6.07) is 14.4. The molecule has 0 amide bonds. The zero-order chi connectivity index (χ0) is 11.5. The molecular weight excluding hydrogens is 351 g/mol. The van der Waals surface area contributed by atoms with E-state index in [1.54, 1.807) is 11.8 Å². The van der Waals surface area contributed by atoms with E-state index in [1.807, 2.05) is 24.3 Å². The average Bonchev–Trinajstić information content (AvgIpc) is 2.25. The summed E-state index contributed by atoms with van der Waals surface area (Å²) in [6.45, 7) is 2.14. The van der Waals surface area contributed by atoms with Gasteiger partial charge in [-0.25, -0.2) is 0 Å². The summed E-state index contributed by atoms with van der Waals surface area (Å²) in [5.74, 6) is 0. The Balaban J connectivity index is 2.23. The van der Waals surface area contributed by atoms with Gasteiger partial charge in [0.1, 0.15) is 0 Å². The fraction of sp³-hybridized carbons (Fsp3) is 0.0769. The van der Waals surface area contributed by atoms with Crippen molar-refractivity contribution in [1.82, 2.24) is 0 Å². The molecule has 0 bridgehead atoms. The van der Waals surface area contributed by atoms with Crippen molar-refractivity contribution in [3.63, 3.8) is 0 Å². The molecule has 0 unspecified atom stereocenters. The van der Waals surface area contributed by atoms with Crippen LogP contribution in [0.25, 0.3) is 0 Å². The second kappa shape index (κ2) is 5.43. The van der Waals surface area contributed by atoms with Gasteiger partial charge in [0.25, 0.3) is 0 Å². The first-order valence-corrected chi connectivity index (χ1v) is 7.12. The Hall–Kier alpha value is -0.190. The van der Waals surface area contributed by atoms with Gasteiger partial charge in [-0.1, -0.05) is 23.4 Å². The van der Waals surface area contributed by atoms with Crippen LogP contribution in [0.15, 0.2) is 52.3 Å². The maximum Gasteiger partial charge on any atom is 0.0406 e. The Morgan fingerprint density at radius 2 is 1.75 bits per heavy atom. The summed E-state index contributed by atoms with van der Waals surface area (Å²) in [5.41, 5.74) is 1.31. The smallest absolute Gasteiger partial charge is 0.0406 e. The minimum atomic E-state index is 0.781. The summed E-state index contributed by atoms with van der Waals surface area (Å²) in [6.07, 6.45) is 0. The molecule has 0 aliphatic carbocycles. The Labute approximate surface area is 119 Å². The van der Waals surface area contributed by atoms with Gasteiger partial charge in [0.2, 0.25) is 0 Å². The summed E-state index contributed by atoms with van der Waals surface area (Å²) in [7, 11) is 0. The van der Waals surface area contributed by atoms with Crippen LogP contribution in [0.2, 0.25) is 5.02 Å². The first-order chi connectivity index (χ1) is 7.65. The summed E-state index contributed by atoms with van der Waals surface area (Å²) in [4.78, 5) is 2.51. The number of hydrogen-bond acceptors (Lipinski definition) is 1. The highest BCUT2D eigenvalue weighted by Gasteiger charge is 2.01. The van der Waals surface area contributed by atoms with Gasteiger partial charge in [-0.2, -0.15) is 0 Å². The zero-order valence-electron chi connectivity index (χ0n) is 8.71. The molecule has 0 aromatic heterocycles. The van der Waals surface area contributed by atoms with Gasteiger partial charge in [0.05, 0.1) is 0 Å². The lowest BCUT2D eigenvalue weighted by Gasteiger charge is -2.06. The molecule has 0 nitrogen and oxygen atoms in total. The van der Waals surface area contributed by atoms with Gasteiger partial charge >= 0.3 is 0 Å². The third-order valence-corrected chi connectivity index (χ3v) is 4.29. The van der Waals surface area contributed by atoms with Crippen LogP contribution in [0, 0.1) is 10.5 Å². The van der Waals surface area contributed by atoms with E-state index in [4.69, 9.17) is 11.6 Å². The van der Waals surface area contributed by atoms with Crippen molar-refractivity contribution >= 4 is 46.0 Å². The minimum Gasteiger partial charge on any atom is -0.0898 e. The highest BCUT2D eigenvalue weighted by atomic mass is 127. The Morgan fingerprint density at radius 1 is 1.06 bits per heavy atom. The Kier molecular flexibility index (Phi) is 4.16. The molecule has 0 heterocycles. The molecule has 0 saturated carbocycles. The lowest BCUT2D eigenvalue weighted by molar-refractivity contribution is 1.28. The predicted octanol–water partition coefficient (Wildman–Crippen LogP) is 5.40. The highest BCUT2D eigenvalue weighted by molar-refractivity contribution is 14.1. The van der Waals surface area contributed by atoms with Crippen LogP contribution in [0.4, 0.5) is 0 Å². The topological polar surface area (TPSA) is 0 Å². The maximum atomic E-state index is 5.86. The Morgan fingerprint density at radius 3 is 2.38 bits per heavy atom. The fourth-order valence-electron chi connectivity index (χ4n) is 1.36. The fourth-order valence-corrected chi connectivity index (χ4v) is 3.01. The molecule has 0 fully saturated rings. The molecular formula is C13H10ClIS. The summed E-state index contributed by atoms with van der Waals surface area (Å²) >= 11 is 9.96. The molecule has 2 aromatic carbocycles. The van der Waals surface area contributed by atoms with Crippen LogP contribution in [-0.2, 0) is 0 Å². The quantitative estimate of drug-likeness (QED) is 0.646. The van der Waals surface area contributed by atoms with E-state index in [1.165, 1.54) is 18.9 Å². The van der Waals surface area contributed by atoms with E-state index in [-0.39, 0.29) is 0 Å². The van der Waals surface area contributed by atoms with Crippen molar-refractivity contribution in [2.75, 3.05) is 0 Å². The highest BCUT2D eigenvalue weighted by Crippen LogP contribution is 2.31. The predicted molar refractivity (Wildman–Crippen MR) is 79.5 cm³/mol. The van der Waals surface area contributed by atoms with E-state index in [0.29, 0.717) is 0 Å². The van der Waals surface area contributed by atoms with Gasteiger partial charge in [-0.05, 0) is 77.5 Å². The normalized spacial score (nSPS) is 10.4. The molecule has 0 N–H and O–H groups in total. The van der Waals surface area contributed by atoms with E-state index in [2.05, 4.69) is 47.7 Å². The van der Waals surface area contributed by atoms with Gasteiger partial charge < -0.3 is 0 Å². The second-order valence-electron chi connectivity index (χ2n) is 3.47. The number of hydrogen-bond donors (Lipinski definition) is 0. The number of aryl methyl sites for hydroxylation is 1. The molecule has 0 radical (unpaired) electrons. The minimum absolute atomic E-state index is 0.781. The molecule has 2 aromatic rings. The third-order valence-electron chi connectivity index (χ3n) is 2.18. The number of benzene rings is 2. The molecule has 0 spiro atoms. The van der Waals surface area contributed by atoms with Crippen LogP contribution < -0.4 is 0 Å². The molecule has 2 rings (SSSR count). The van der Waals surface area contributed by atoms with Crippen molar-refractivity contribution in [2.24, 2.45) is 0 Å². The standard InChI is InChI=1S/C13H10ClIS/c1-9-8-11(15)4-7-13(9)16-12-5-2-10(14)3-6-12/h2-8H,1H3. The van der Waals surface area contributed by atoms with Crippen LogP contribution in [0.5, 0.6) is 0 Å². The van der Waals surface area contributed by atoms with Crippen molar-refractivity contribution in [3.8, 4) is 0 Å². The van der Waals surface area contributed by atoms with E-state index >= 15 is 0 Å². The molecule has 0 aliphatic heterocycles. The van der Waals surface area contributed by atoms with Crippen molar-refractivity contribution < 1.29 is 0 Å². The SMILES string of the molecule is Cc1cc(I)ccc1Sc1ccc(Cl)cc1. The van der Waals surface area contributed by atoms with Gasteiger partial charge in [-0.15, -0.1) is 0 Å². The van der Waals surface area contributed by atoms with E-state index in [0.717, 1.165) is 5.02 Å². The van der Waals surface area contributed by atoms with E-state index < -0.39 is 0 Å². The number of halogens is 2. The van der Waals surface area contributed by atoms with Crippen LogP contribution in [0.1, 0.15) is 5.56 Å². The largest absolute Gasteiger partial charge is 0.0898 e. The average molecular weight is 361 g/mol. The van der Waals surface area contributed by atoms with Gasteiger partial charge in [-0.3, -0.25) is 0 Å². The van der Waals surface area contributed by atoms with E-state index in [9.17, 15) is 0 Å². The van der Waals surface area contributed by atoms with Crippen LogP contribution in [-0.4, -0.2) is 0 Å². The third kappa shape index (κ3) is 3.15. The Bertz CT molecular complexity index is 494. The first kappa shape index (κ1) is 12.3.